The van der Waals surface area contributed by atoms with Crippen LogP contribution in [-0.4, -0.2) is 106 Å². The number of fused-ring (bicyclic) bond motifs is 1. The fourth-order valence-corrected chi connectivity index (χ4v) is 3.94. The molecule has 0 saturated carbocycles. The molecule has 2 aromatic rings. The van der Waals surface area contributed by atoms with E-state index in [2.05, 4.69) is 0 Å². The average Bonchev–Trinajstić information content (AvgIpc) is 2.84. The van der Waals surface area contributed by atoms with E-state index >= 15 is 0 Å². The topological polar surface area (TPSA) is 198 Å². The molecule has 1 aromatic heterocycles. The minimum absolute atomic E-state index is 0.0265. The van der Waals surface area contributed by atoms with E-state index < -0.39 is 73.6 Å². The van der Waals surface area contributed by atoms with Crippen molar-refractivity contribution in [3.05, 3.63) is 34.7 Å². The van der Waals surface area contributed by atoms with E-state index in [1.54, 1.807) is 0 Å². The van der Waals surface area contributed by atoms with Crippen molar-refractivity contribution >= 4 is 11.0 Å². The van der Waals surface area contributed by atoms with Crippen LogP contribution in [0.3, 0.4) is 0 Å². The molecule has 0 bridgehead atoms. The van der Waals surface area contributed by atoms with Gasteiger partial charge in [0.2, 0.25) is 6.29 Å². The van der Waals surface area contributed by atoms with E-state index in [9.17, 15) is 35.4 Å². The molecule has 2 aliphatic heterocycles. The summed E-state index contributed by atoms with van der Waals surface area (Å²) in [4.78, 5) is 11.6. The molecule has 2 saturated heterocycles. The Hall–Kier alpha value is -2.33. The molecule has 10 atom stereocenters. The van der Waals surface area contributed by atoms with Crippen molar-refractivity contribution in [2.24, 2.45) is 0 Å². The molecule has 13 nitrogen and oxygen atoms in total. The molecule has 194 valence electrons. The molecule has 0 radical (unpaired) electrons. The van der Waals surface area contributed by atoms with Crippen LogP contribution in [-0.2, 0) is 14.2 Å². The zero-order valence-corrected chi connectivity index (χ0v) is 18.8. The van der Waals surface area contributed by atoms with Gasteiger partial charge in [-0.3, -0.25) is 0 Å². The first-order valence-corrected chi connectivity index (χ1v) is 10.9. The number of rotatable bonds is 6. The summed E-state index contributed by atoms with van der Waals surface area (Å²) in [6, 6.07) is 5.67. The number of hydrogen-bond acceptors (Lipinski definition) is 13. The zero-order valence-electron chi connectivity index (χ0n) is 18.8. The van der Waals surface area contributed by atoms with Crippen LogP contribution in [0.2, 0.25) is 0 Å². The minimum Gasteiger partial charge on any atom is -0.493 e. The van der Waals surface area contributed by atoms with Crippen LogP contribution in [0.4, 0.5) is 0 Å². The first-order chi connectivity index (χ1) is 16.6. The Morgan fingerprint density at radius 1 is 0.829 bits per heavy atom. The summed E-state index contributed by atoms with van der Waals surface area (Å²) in [7, 11) is 1.38. The highest BCUT2D eigenvalue weighted by atomic mass is 16.7. The van der Waals surface area contributed by atoms with Crippen molar-refractivity contribution in [3.63, 3.8) is 0 Å². The maximum atomic E-state index is 11.6. The molecule has 2 fully saturated rings. The summed E-state index contributed by atoms with van der Waals surface area (Å²) >= 11 is 0. The molecule has 3 heterocycles. The molecule has 4 rings (SSSR count). The first-order valence-electron chi connectivity index (χ1n) is 10.9. The van der Waals surface area contributed by atoms with Gasteiger partial charge in [-0.2, -0.15) is 0 Å². The van der Waals surface area contributed by atoms with Crippen molar-refractivity contribution < 1.29 is 58.7 Å². The van der Waals surface area contributed by atoms with Crippen molar-refractivity contribution in [3.8, 4) is 11.5 Å². The predicted molar refractivity (Wildman–Crippen MR) is 115 cm³/mol. The van der Waals surface area contributed by atoms with Gasteiger partial charge in [-0.15, -0.1) is 0 Å². The van der Waals surface area contributed by atoms with Gasteiger partial charge in [-0.1, -0.05) is 0 Å². The van der Waals surface area contributed by atoms with Crippen LogP contribution in [0.25, 0.3) is 11.0 Å². The Labute approximate surface area is 198 Å². The lowest BCUT2D eigenvalue weighted by molar-refractivity contribution is -0.318. The second-order valence-electron chi connectivity index (χ2n) is 8.44. The lowest BCUT2D eigenvalue weighted by Crippen LogP contribution is -2.61. The van der Waals surface area contributed by atoms with Crippen LogP contribution in [0, 0.1) is 0 Å². The smallest absolute Gasteiger partial charge is 0.336 e. The highest BCUT2D eigenvalue weighted by Gasteiger charge is 2.47. The predicted octanol–water partition coefficient (Wildman–Crippen LogP) is -2.17. The van der Waals surface area contributed by atoms with E-state index in [1.165, 1.54) is 38.3 Å². The highest BCUT2D eigenvalue weighted by molar-refractivity contribution is 5.80. The number of methoxy groups -OCH3 is 1. The Morgan fingerprint density at radius 3 is 2.23 bits per heavy atom. The van der Waals surface area contributed by atoms with Crippen LogP contribution in [0.5, 0.6) is 11.5 Å². The maximum Gasteiger partial charge on any atom is 0.336 e. The molecule has 0 spiro atoms. The standard InChI is InChI=1S/C22H28O13/c1-8-15(24)17(26)19(28)21(32-8)31-7-13-16(25)18(27)20(29)22(35-13)34-12-6-10-9(5-11(12)30-2)3-4-14(23)33-10/h3-6,8,13,15-22,24-29H,7H2,1-2H3/t8-,13+,15-,16+,17+,18-,19+,20+,21-,22-/m0/s1. The summed E-state index contributed by atoms with van der Waals surface area (Å²) < 4.78 is 32.5. The molecular weight excluding hydrogens is 472 g/mol. The van der Waals surface area contributed by atoms with Crippen molar-refractivity contribution in [1.29, 1.82) is 0 Å². The van der Waals surface area contributed by atoms with Crippen LogP contribution >= 0.6 is 0 Å². The summed E-state index contributed by atoms with van der Waals surface area (Å²) in [5, 5.41) is 61.5. The lowest BCUT2D eigenvalue weighted by Gasteiger charge is -2.42. The van der Waals surface area contributed by atoms with Gasteiger partial charge in [0.1, 0.15) is 48.3 Å². The Balaban J connectivity index is 1.50. The van der Waals surface area contributed by atoms with Gasteiger partial charge in [0, 0.05) is 17.5 Å². The highest BCUT2D eigenvalue weighted by Crippen LogP contribution is 2.35. The lowest BCUT2D eigenvalue weighted by atomic mass is 9.98. The normalized spacial score (nSPS) is 37.8. The van der Waals surface area contributed by atoms with Crippen molar-refractivity contribution in [2.45, 2.75) is 68.3 Å². The van der Waals surface area contributed by atoms with Gasteiger partial charge >= 0.3 is 5.63 Å². The average molecular weight is 500 g/mol. The minimum atomic E-state index is -1.70. The third-order valence-electron chi connectivity index (χ3n) is 6.05. The van der Waals surface area contributed by atoms with Gasteiger partial charge in [0.15, 0.2) is 17.8 Å². The quantitative estimate of drug-likeness (QED) is 0.235. The molecule has 2 aliphatic rings. The van der Waals surface area contributed by atoms with Crippen LogP contribution < -0.4 is 15.1 Å². The van der Waals surface area contributed by atoms with Gasteiger partial charge in [0.05, 0.1) is 19.8 Å². The molecule has 0 unspecified atom stereocenters. The fourth-order valence-electron chi connectivity index (χ4n) is 3.94. The van der Waals surface area contributed by atoms with Gasteiger partial charge in [-0.25, -0.2) is 4.79 Å². The first kappa shape index (κ1) is 25.8. The zero-order chi connectivity index (χ0) is 25.4. The van der Waals surface area contributed by atoms with Crippen molar-refractivity contribution in [2.75, 3.05) is 13.7 Å². The third kappa shape index (κ3) is 5.14. The SMILES string of the molecule is COc1cc2ccc(=O)oc2cc1O[C@H]1O[C@H](CO[C@H]2O[C@@H](C)[C@H](O)[C@@H](O)[C@H]2O)[C@@H](O)[C@H](O)[C@H]1O. The number of aliphatic hydroxyl groups excluding tert-OH is 6. The molecular formula is C22H28O13. The molecule has 1 aromatic carbocycles. The third-order valence-corrected chi connectivity index (χ3v) is 6.05. The molecule has 0 aliphatic carbocycles. The second kappa shape index (κ2) is 10.3. The largest absolute Gasteiger partial charge is 0.493 e. The number of ether oxygens (including phenoxy) is 5. The Bertz CT molecular complexity index is 1070. The molecule has 13 heteroatoms. The van der Waals surface area contributed by atoms with Gasteiger partial charge in [-0.05, 0) is 19.1 Å². The monoisotopic (exact) mass is 500 g/mol. The van der Waals surface area contributed by atoms with Gasteiger partial charge in [0.25, 0.3) is 0 Å². The van der Waals surface area contributed by atoms with Crippen molar-refractivity contribution in [1.82, 2.24) is 0 Å². The summed E-state index contributed by atoms with van der Waals surface area (Å²) in [5.74, 6) is 0.245. The van der Waals surface area contributed by atoms with E-state index in [-0.39, 0.29) is 17.1 Å². The maximum absolute atomic E-state index is 11.6. The van der Waals surface area contributed by atoms with E-state index in [4.69, 9.17) is 28.1 Å². The molecule has 35 heavy (non-hydrogen) atoms. The Morgan fingerprint density at radius 2 is 1.51 bits per heavy atom. The van der Waals surface area contributed by atoms with E-state index in [1.807, 2.05) is 0 Å². The van der Waals surface area contributed by atoms with Crippen LogP contribution in [0.15, 0.2) is 33.5 Å². The summed E-state index contributed by atoms with van der Waals surface area (Å²) in [6.45, 7) is 1.04. The van der Waals surface area contributed by atoms with E-state index in [0.717, 1.165) is 0 Å². The summed E-state index contributed by atoms with van der Waals surface area (Å²) in [6.07, 6.45) is -14.4. The number of hydrogen-bond donors (Lipinski definition) is 6. The second-order valence-corrected chi connectivity index (χ2v) is 8.44. The molecule has 0 amide bonds. The summed E-state index contributed by atoms with van der Waals surface area (Å²) in [5.41, 5.74) is -0.408. The molecule has 6 N–H and O–H groups in total. The Kier molecular flexibility index (Phi) is 7.61. The number of aliphatic hydroxyl groups is 6. The number of benzene rings is 1. The fraction of sp³-hybridized carbons (Fsp3) is 0.591. The van der Waals surface area contributed by atoms with Crippen LogP contribution in [0.1, 0.15) is 6.92 Å². The van der Waals surface area contributed by atoms with E-state index in [0.29, 0.717) is 5.39 Å². The van der Waals surface area contributed by atoms with Gasteiger partial charge < -0.3 is 58.7 Å².